The van der Waals surface area contributed by atoms with E-state index in [1.165, 1.54) is 18.3 Å². The summed E-state index contributed by atoms with van der Waals surface area (Å²) in [6.07, 6.45) is 1.52. The maximum atomic E-state index is 13.4. The third-order valence-electron chi connectivity index (χ3n) is 2.56. The van der Waals surface area contributed by atoms with Crippen LogP contribution in [0, 0.1) is 18.6 Å². The predicted octanol–water partition coefficient (Wildman–Crippen LogP) is 2.86. The summed E-state index contributed by atoms with van der Waals surface area (Å²) in [5.41, 5.74) is 7.42. The van der Waals surface area contributed by atoms with Crippen LogP contribution in [0.15, 0.2) is 30.5 Å². The third-order valence-corrected chi connectivity index (χ3v) is 2.56. The fourth-order valence-corrected chi connectivity index (χ4v) is 1.63. The zero-order chi connectivity index (χ0) is 13.1. The van der Waals surface area contributed by atoms with Gasteiger partial charge in [0.25, 0.3) is 0 Å². The summed E-state index contributed by atoms with van der Waals surface area (Å²) >= 11 is 0. The number of anilines is 2. The maximum absolute atomic E-state index is 13.4. The van der Waals surface area contributed by atoms with E-state index in [1.54, 1.807) is 6.07 Å². The number of nitrogens with one attached hydrogen (secondary N) is 1. The molecule has 0 saturated carbocycles. The van der Waals surface area contributed by atoms with Crippen LogP contribution in [0.25, 0.3) is 0 Å². The second kappa shape index (κ2) is 5.00. The highest BCUT2D eigenvalue weighted by atomic mass is 19.1. The average Bonchev–Trinajstić information content (AvgIpc) is 2.30. The molecule has 0 saturated heterocycles. The van der Waals surface area contributed by atoms with Crippen molar-refractivity contribution in [3.63, 3.8) is 0 Å². The molecular weight excluding hydrogens is 236 g/mol. The highest BCUT2D eigenvalue weighted by Gasteiger charge is 2.05. The van der Waals surface area contributed by atoms with Crippen LogP contribution in [-0.2, 0) is 6.54 Å². The lowest BCUT2D eigenvalue weighted by atomic mass is 10.2. The van der Waals surface area contributed by atoms with Crippen molar-refractivity contribution in [1.29, 1.82) is 0 Å². The smallest absolute Gasteiger partial charge is 0.131 e. The van der Waals surface area contributed by atoms with E-state index in [0.29, 0.717) is 17.1 Å². The molecule has 0 aliphatic heterocycles. The molecule has 0 radical (unpaired) electrons. The van der Waals surface area contributed by atoms with Crippen molar-refractivity contribution in [3.05, 3.63) is 53.2 Å². The minimum absolute atomic E-state index is 0.240. The molecule has 0 spiro atoms. The van der Waals surface area contributed by atoms with Gasteiger partial charge in [-0.1, -0.05) is 6.07 Å². The molecule has 2 aromatic rings. The first-order valence-corrected chi connectivity index (χ1v) is 5.46. The summed E-state index contributed by atoms with van der Waals surface area (Å²) in [6, 6.07) is 5.27. The highest BCUT2D eigenvalue weighted by Crippen LogP contribution is 2.16. The fraction of sp³-hybridized carbons (Fsp3) is 0.154. The van der Waals surface area contributed by atoms with Gasteiger partial charge in [-0.3, -0.25) is 0 Å². The van der Waals surface area contributed by atoms with Crippen molar-refractivity contribution in [2.24, 2.45) is 0 Å². The Hall–Kier alpha value is -2.17. The van der Waals surface area contributed by atoms with Crippen LogP contribution in [0.2, 0.25) is 0 Å². The molecule has 0 aliphatic carbocycles. The normalized spacial score (nSPS) is 10.4. The number of pyridine rings is 1. The van der Waals surface area contributed by atoms with Gasteiger partial charge in [-0.15, -0.1) is 0 Å². The van der Waals surface area contributed by atoms with Crippen LogP contribution in [0.5, 0.6) is 0 Å². The Labute approximate surface area is 104 Å². The first-order valence-electron chi connectivity index (χ1n) is 5.46. The fourth-order valence-electron chi connectivity index (χ4n) is 1.63. The molecule has 1 aromatic carbocycles. The van der Waals surface area contributed by atoms with Crippen LogP contribution >= 0.6 is 0 Å². The first kappa shape index (κ1) is 12.3. The molecule has 0 bridgehead atoms. The minimum atomic E-state index is -0.585. The van der Waals surface area contributed by atoms with Crippen molar-refractivity contribution in [2.75, 3.05) is 11.1 Å². The molecule has 5 heteroatoms. The summed E-state index contributed by atoms with van der Waals surface area (Å²) in [4.78, 5) is 4.11. The highest BCUT2D eigenvalue weighted by molar-refractivity contribution is 5.51. The van der Waals surface area contributed by atoms with Gasteiger partial charge >= 0.3 is 0 Å². The van der Waals surface area contributed by atoms with E-state index in [9.17, 15) is 8.78 Å². The quantitative estimate of drug-likeness (QED) is 0.879. The van der Waals surface area contributed by atoms with E-state index in [4.69, 9.17) is 5.73 Å². The monoisotopic (exact) mass is 249 g/mol. The van der Waals surface area contributed by atoms with Gasteiger partial charge < -0.3 is 11.1 Å². The summed E-state index contributed by atoms with van der Waals surface area (Å²) in [6.45, 7) is 2.09. The number of nitrogens with zero attached hydrogens (tertiary/aromatic N) is 1. The average molecular weight is 249 g/mol. The molecule has 0 amide bonds. The second-order valence-electron chi connectivity index (χ2n) is 4.02. The van der Waals surface area contributed by atoms with Crippen LogP contribution in [0.3, 0.4) is 0 Å². The second-order valence-corrected chi connectivity index (χ2v) is 4.02. The number of hydrogen-bond acceptors (Lipinski definition) is 3. The SMILES string of the molecule is Cc1cc(N)cnc1NCc1ccc(F)cc1F. The number of nitrogens with two attached hydrogens (primary N) is 1. The molecular formula is C13H13F2N3. The van der Waals surface area contributed by atoms with Gasteiger partial charge in [-0.05, 0) is 24.6 Å². The summed E-state index contributed by atoms with van der Waals surface area (Å²) < 4.78 is 26.1. The number of aryl methyl sites for hydroxylation is 1. The molecule has 1 aromatic heterocycles. The van der Waals surface area contributed by atoms with Crippen LogP contribution < -0.4 is 11.1 Å². The van der Waals surface area contributed by atoms with Gasteiger partial charge in [0.2, 0.25) is 0 Å². The number of rotatable bonds is 3. The molecule has 3 N–H and O–H groups in total. The molecule has 0 fully saturated rings. The van der Waals surface area contributed by atoms with Gasteiger partial charge in [0.05, 0.1) is 11.9 Å². The van der Waals surface area contributed by atoms with E-state index < -0.39 is 11.6 Å². The van der Waals surface area contributed by atoms with E-state index in [0.717, 1.165) is 11.6 Å². The molecule has 94 valence electrons. The van der Waals surface area contributed by atoms with Gasteiger partial charge in [0, 0.05) is 18.2 Å². The number of benzene rings is 1. The summed E-state index contributed by atoms with van der Waals surface area (Å²) in [5.74, 6) is -0.526. The van der Waals surface area contributed by atoms with E-state index in [-0.39, 0.29) is 6.54 Å². The molecule has 0 unspecified atom stereocenters. The number of halogens is 2. The van der Waals surface area contributed by atoms with Crippen molar-refractivity contribution >= 4 is 11.5 Å². The van der Waals surface area contributed by atoms with E-state index in [2.05, 4.69) is 10.3 Å². The van der Waals surface area contributed by atoms with Crippen molar-refractivity contribution in [2.45, 2.75) is 13.5 Å². The number of hydrogen-bond donors (Lipinski definition) is 2. The molecule has 1 heterocycles. The Kier molecular flexibility index (Phi) is 3.41. The Bertz CT molecular complexity index is 519. The van der Waals surface area contributed by atoms with Gasteiger partial charge in [-0.25, -0.2) is 13.8 Å². The van der Waals surface area contributed by atoms with Gasteiger partial charge in [-0.2, -0.15) is 0 Å². The zero-order valence-corrected chi connectivity index (χ0v) is 9.87. The zero-order valence-electron chi connectivity index (χ0n) is 9.87. The van der Waals surface area contributed by atoms with Crippen LogP contribution in [0.4, 0.5) is 20.3 Å². The summed E-state index contributed by atoms with van der Waals surface area (Å²) in [5, 5.41) is 2.99. The van der Waals surface area contributed by atoms with E-state index in [1.807, 2.05) is 6.92 Å². The van der Waals surface area contributed by atoms with Gasteiger partial charge in [0.15, 0.2) is 0 Å². The third kappa shape index (κ3) is 2.74. The Morgan fingerprint density at radius 1 is 1.28 bits per heavy atom. The molecule has 0 aliphatic rings. The Morgan fingerprint density at radius 3 is 2.72 bits per heavy atom. The van der Waals surface area contributed by atoms with Crippen molar-refractivity contribution in [3.8, 4) is 0 Å². The number of aromatic nitrogens is 1. The standard InChI is InChI=1S/C13H13F2N3/c1-8-4-11(16)7-18-13(8)17-6-9-2-3-10(14)5-12(9)15/h2-5,7H,6,16H2,1H3,(H,17,18). The lowest BCUT2D eigenvalue weighted by molar-refractivity contribution is 0.574. The number of nitrogen functional groups attached to an aromatic ring is 1. The maximum Gasteiger partial charge on any atom is 0.131 e. The molecule has 2 rings (SSSR count). The van der Waals surface area contributed by atoms with Gasteiger partial charge in [0.1, 0.15) is 17.5 Å². The topological polar surface area (TPSA) is 50.9 Å². The Balaban J connectivity index is 2.11. The van der Waals surface area contributed by atoms with Crippen molar-refractivity contribution in [1.82, 2.24) is 4.98 Å². The first-order chi connectivity index (χ1) is 8.56. The molecule has 0 atom stereocenters. The summed E-state index contributed by atoms with van der Waals surface area (Å²) in [7, 11) is 0. The molecule has 3 nitrogen and oxygen atoms in total. The van der Waals surface area contributed by atoms with Crippen LogP contribution in [0.1, 0.15) is 11.1 Å². The van der Waals surface area contributed by atoms with Crippen molar-refractivity contribution < 1.29 is 8.78 Å². The lowest BCUT2D eigenvalue weighted by Crippen LogP contribution is -2.05. The van der Waals surface area contributed by atoms with Crippen LogP contribution in [-0.4, -0.2) is 4.98 Å². The predicted molar refractivity (Wildman–Crippen MR) is 67.1 cm³/mol. The molecule has 18 heavy (non-hydrogen) atoms. The largest absolute Gasteiger partial charge is 0.397 e. The Morgan fingerprint density at radius 2 is 2.06 bits per heavy atom. The minimum Gasteiger partial charge on any atom is -0.397 e. The lowest BCUT2D eigenvalue weighted by Gasteiger charge is -2.09. The van der Waals surface area contributed by atoms with E-state index >= 15 is 0 Å².